The van der Waals surface area contributed by atoms with Crippen LogP contribution in [-0.4, -0.2) is 15.5 Å². The highest BCUT2D eigenvalue weighted by molar-refractivity contribution is 7.27. The summed E-state index contributed by atoms with van der Waals surface area (Å²) >= 11 is 0. The van der Waals surface area contributed by atoms with Gasteiger partial charge in [0, 0.05) is 0 Å². The molecule has 1 rings (SSSR count). The van der Waals surface area contributed by atoms with E-state index in [0.29, 0.717) is 5.00 Å². The molecule has 1 heterocycles. The van der Waals surface area contributed by atoms with Crippen LogP contribution in [0.5, 0.6) is 0 Å². The third-order valence-electron chi connectivity index (χ3n) is 0.823. The summed E-state index contributed by atoms with van der Waals surface area (Å²) in [4.78, 5) is 3.60. The number of rotatable bonds is 1. The molecule has 0 aliphatic heterocycles. The fraction of sp³-hybridized carbons (Fsp3) is 0. The van der Waals surface area contributed by atoms with E-state index in [1.807, 2.05) is 0 Å². The fourth-order valence-electron chi connectivity index (χ4n) is 0.477. The van der Waals surface area contributed by atoms with Crippen LogP contribution in [-0.2, 0) is 0 Å². The summed E-state index contributed by atoms with van der Waals surface area (Å²) in [6, 6.07) is 0. The van der Waals surface area contributed by atoms with Gasteiger partial charge in [0.1, 0.15) is 6.20 Å². The van der Waals surface area contributed by atoms with Crippen LogP contribution in [0, 0.1) is 5.41 Å². The highest BCUT2D eigenvalue weighted by atomic mass is 32.2. The van der Waals surface area contributed by atoms with Crippen molar-refractivity contribution >= 4 is 21.7 Å². The minimum absolute atomic E-state index is 0.231. The van der Waals surface area contributed by atoms with Crippen molar-refractivity contribution in [2.24, 2.45) is 5.73 Å². The van der Waals surface area contributed by atoms with Crippen molar-refractivity contribution in [2.75, 3.05) is 5.32 Å². The van der Waals surface area contributed by atoms with Crippen molar-refractivity contribution in [3.8, 4) is 0 Å². The number of hydrogen-bond acceptors (Lipinski definition) is 3. The SMILES string of the molecule is N=C(N)Nc1cnc[s+]1[O-]. The van der Waals surface area contributed by atoms with E-state index in [0.717, 1.165) is 0 Å². The van der Waals surface area contributed by atoms with Gasteiger partial charge in [0.05, 0.1) is 0 Å². The zero-order valence-electron chi connectivity index (χ0n) is 5.00. The maximum absolute atomic E-state index is 10.8. The van der Waals surface area contributed by atoms with Gasteiger partial charge in [0.15, 0.2) is 5.96 Å². The Labute approximate surface area is 60.2 Å². The molecule has 1 aromatic rings. The molecule has 0 aliphatic carbocycles. The number of nitrogens with one attached hydrogen (secondary N) is 2. The summed E-state index contributed by atoms with van der Waals surface area (Å²) in [5.74, 6) is -0.231. The molecule has 0 aliphatic rings. The Morgan fingerprint density at radius 3 is 3.00 bits per heavy atom. The molecule has 4 N–H and O–H groups in total. The smallest absolute Gasteiger partial charge is 0.266 e. The van der Waals surface area contributed by atoms with E-state index in [1.54, 1.807) is 0 Å². The van der Waals surface area contributed by atoms with E-state index in [-0.39, 0.29) is 5.96 Å². The van der Waals surface area contributed by atoms with Gasteiger partial charge in [-0.25, -0.2) is 4.98 Å². The summed E-state index contributed by atoms with van der Waals surface area (Å²) in [7, 11) is -1.24. The highest BCUT2D eigenvalue weighted by Crippen LogP contribution is 2.22. The molecule has 0 radical (unpaired) electrons. The van der Waals surface area contributed by atoms with Crippen molar-refractivity contribution in [3.63, 3.8) is 0 Å². The van der Waals surface area contributed by atoms with Crippen LogP contribution >= 0.6 is 10.8 Å². The summed E-state index contributed by atoms with van der Waals surface area (Å²) < 4.78 is 10.8. The Kier molecular flexibility index (Phi) is 1.83. The second kappa shape index (κ2) is 2.63. The molecule has 1 unspecified atom stereocenters. The third kappa shape index (κ3) is 1.42. The molecule has 0 bridgehead atoms. The molecule has 0 spiro atoms. The summed E-state index contributed by atoms with van der Waals surface area (Å²) in [6.45, 7) is 0. The van der Waals surface area contributed by atoms with Gasteiger partial charge in [-0.05, 0) is 10.8 Å². The second-order valence-electron chi connectivity index (χ2n) is 1.58. The van der Waals surface area contributed by atoms with E-state index in [1.165, 1.54) is 11.7 Å². The number of nitrogens with zero attached hydrogens (tertiary/aromatic N) is 1. The minimum Gasteiger partial charge on any atom is -0.588 e. The molecule has 0 amide bonds. The first-order valence-corrected chi connectivity index (χ1v) is 3.66. The second-order valence-corrected chi connectivity index (χ2v) is 2.83. The van der Waals surface area contributed by atoms with Gasteiger partial charge in [-0.3, -0.25) is 10.7 Å². The van der Waals surface area contributed by atoms with E-state index in [2.05, 4.69) is 10.3 Å². The van der Waals surface area contributed by atoms with Crippen LogP contribution < -0.4 is 11.1 Å². The monoisotopic (exact) mass is 158 g/mol. The van der Waals surface area contributed by atoms with Crippen molar-refractivity contribution in [3.05, 3.63) is 11.7 Å². The van der Waals surface area contributed by atoms with Crippen molar-refractivity contribution in [2.45, 2.75) is 0 Å². The molecule has 6 heteroatoms. The van der Waals surface area contributed by atoms with Gasteiger partial charge >= 0.3 is 0 Å². The average Bonchev–Trinajstić information content (AvgIpc) is 2.15. The largest absolute Gasteiger partial charge is 0.588 e. The van der Waals surface area contributed by atoms with Gasteiger partial charge in [-0.2, -0.15) is 0 Å². The van der Waals surface area contributed by atoms with Crippen molar-refractivity contribution in [1.29, 1.82) is 5.41 Å². The molecule has 54 valence electrons. The van der Waals surface area contributed by atoms with Gasteiger partial charge < -0.3 is 10.3 Å². The van der Waals surface area contributed by atoms with E-state index < -0.39 is 10.8 Å². The fourth-order valence-corrected chi connectivity index (χ4v) is 1.14. The number of hydrogen-bond donors (Lipinski definition) is 3. The lowest BCUT2D eigenvalue weighted by Crippen LogP contribution is -2.19. The molecule has 5 nitrogen and oxygen atoms in total. The van der Waals surface area contributed by atoms with Crippen LogP contribution in [0.4, 0.5) is 5.00 Å². The van der Waals surface area contributed by atoms with Crippen LogP contribution in [0.3, 0.4) is 0 Å². The number of guanidine groups is 1. The van der Waals surface area contributed by atoms with Crippen LogP contribution in [0.25, 0.3) is 0 Å². The first-order chi connectivity index (χ1) is 4.70. The quantitative estimate of drug-likeness (QED) is 0.307. The van der Waals surface area contributed by atoms with E-state index >= 15 is 0 Å². The Morgan fingerprint density at radius 1 is 1.90 bits per heavy atom. The number of aromatic nitrogens is 1. The number of thiazole rings is 1. The zero-order valence-corrected chi connectivity index (χ0v) is 5.81. The molecule has 0 saturated heterocycles. The van der Waals surface area contributed by atoms with E-state index in [9.17, 15) is 4.55 Å². The molecule has 0 saturated carbocycles. The predicted octanol–water partition coefficient (Wildman–Crippen LogP) is 0.115. The van der Waals surface area contributed by atoms with Crippen LogP contribution in [0.1, 0.15) is 0 Å². The standard InChI is InChI=1S/C4H6N4OS/c5-4(6)8-3-1-7-2-10(3)9/h1-2H,(H4,5,6,8). The molecular weight excluding hydrogens is 152 g/mol. The molecule has 1 atom stereocenters. The Hall–Kier alpha value is -1.14. The number of anilines is 1. The molecular formula is C4H6N4OS. The summed E-state index contributed by atoms with van der Waals surface area (Å²) in [6.07, 6.45) is 1.37. The van der Waals surface area contributed by atoms with Gasteiger partial charge in [-0.1, -0.05) is 0 Å². The maximum atomic E-state index is 10.8. The lowest BCUT2D eigenvalue weighted by atomic mass is 10.8. The lowest BCUT2D eigenvalue weighted by molar-refractivity contribution is 0.598. The van der Waals surface area contributed by atoms with Crippen LogP contribution in [0.15, 0.2) is 11.7 Å². The van der Waals surface area contributed by atoms with E-state index in [4.69, 9.17) is 11.1 Å². The van der Waals surface area contributed by atoms with Gasteiger partial charge in [0.25, 0.3) is 5.00 Å². The molecule has 10 heavy (non-hydrogen) atoms. The van der Waals surface area contributed by atoms with Gasteiger partial charge in [0.2, 0.25) is 5.51 Å². The van der Waals surface area contributed by atoms with Crippen LogP contribution in [0.2, 0.25) is 0 Å². The maximum Gasteiger partial charge on any atom is 0.266 e. The summed E-state index contributed by atoms with van der Waals surface area (Å²) in [5, 5.41) is 9.53. The van der Waals surface area contributed by atoms with Gasteiger partial charge in [-0.15, -0.1) is 0 Å². The average molecular weight is 158 g/mol. The van der Waals surface area contributed by atoms with Crippen molar-refractivity contribution in [1.82, 2.24) is 4.98 Å². The Bertz CT molecular complexity index is 245. The first-order valence-electron chi connectivity index (χ1n) is 2.45. The lowest BCUT2D eigenvalue weighted by Gasteiger charge is -1.96. The topological polar surface area (TPSA) is 97.9 Å². The minimum atomic E-state index is -1.24. The number of nitrogens with two attached hydrogens (primary N) is 1. The Morgan fingerprint density at radius 2 is 2.60 bits per heavy atom. The molecule has 0 fully saturated rings. The molecule has 1 aromatic heterocycles. The first kappa shape index (κ1) is 6.97. The summed E-state index contributed by atoms with van der Waals surface area (Å²) in [5.41, 5.74) is 6.24. The molecule has 0 aromatic carbocycles. The zero-order chi connectivity index (χ0) is 7.56. The highest BCUT2D eigenvalue weighted by Gasteiger charge is 2.04. The third-order valence-corrected chi connectivity index (χ3v) is 1.78. The van der Waals surface area contributed by atoms with Crippen molar-refractivity contribution < 1.29 is 4.55 Å². The normalized spacial score (nSPS) is 11.1. The predicted molar refractivity (Wildman–Crippen MR) is 38.4 cm³/mol. The Balaban J connectivity index is 2.74.